The molecule has 0 bridgehead atoms. The lowest BCUT2D eigenvalue weighted by molar-refractivity contribution is 0.583. The third-order valence-electron chi connectivity index (χ3n) is 5.10. The van der Waals surface area contributed by atoms with E-state index in [2.05, 4.69) is 33.8 Å². The average molecular weight is 417 g/mol. The Hall–Kier alpha value is -3.18. The van der Waals surface area contributed by atoms with Crippen LogP contribution in [0.3, 0.4) is 0 Å². The molecule has 0 amide bonds. The number of nitrogens with zero attached hydrogens (tertiary/aromatic N) is 2. The first-order valence-electron chi connectivity index (χ1n) is 10.1. The van der Waals surface area contributed by atoms with Gasteiger partial charge in [0, 0.05) is 17.7 Å². The second-order valence-corrected chi connectivity index (χ2v) is 9.32. The minimum absolute atomic E-state index is 0.151. The van der Waals surface area contributed by atoms with Gasteiger partial charge in [-0.3, -0.25) is 0 Å². The molecule has 4 aromatic rings. The minimum atomic E-state index is -3.24. The van der Waals surface area contributed by atoms with Crippen molar-refractivity contribution in [1.82, 2.24) is 9.55 Å². The van der Waals surface area contributed by atoms with Crippen LogP contribution in [0.4, 0.5) is 0 Å². The fourth-order valence-electron chi connectivity index (χ4n) is 3.58. The van der Waals surface area contributed by atoms with E-state index in [0.717, 1.165) is 28.9 Å². The predicted octanol–water partition coefficient (Wildman–Crippen LogP) is 5.47. The minimum Gasteiger partial charge on any atom is -0.330 e. The molecule has 0 aliphatic carbocycles. The summed E-state index contributed by atoms with van der Waals surface area (Å²) in [5.41, 5.74) is 4.18. The number of sulfone groups is 1. The fraction of sp³-hybridized carbons (Fsp3) is 0.160. The van der Waals surface area contributed by atoms with Crippen LogP contribution in [0.2, 0.25) is 0 Å². The van der Waals surface area contributed by atoms with E-state index in [0.29, 0.717) is 17.9 Å². The molecule has 0 aliphatic heterocycles. The zero-order valence-corrected chi connectivity index (χ0v) is 17.5. The summed E-state index contributed by atoms with van der Waals surface area (Å²) in [6.45, 7) is 0.717. The highest BCUT2D eigenvalue weighted by Crippen LogP contribution is 2.31. The molecule has 0 spiro atoms. The first kappa shape index (κ1) is 20.1. The Bertz CT molecular complexity index is 1190. The maximum atomic E-state index is 12.5. The van der Waals surface area contributed by atoms with Gasteiger partial charge in [0.1, 0.15) is 0 Å². The maximum Gasteiger partial charge on any atom is 0.178 e. The van der Waals surface area contributed by atoms with Gasteiger partial charge in [-0.1, -0.05) is 78.9 Å². The zero-order valence-electron chi connectivity index (χ0n) is 16.7. The summed E-state index contributed by atoms with van der Waals surface area (Å²) in [7, 11) is -3.24. The first-order chi connectivity index (χ1) is 14.6. The van der Waals surface area contributed by atoms with Crippen LogP contribution in [0.5, 0.6) is 0 Å². The summed E-state index contributed by atoms with van der Waals surface area (Å²) in [4.78, 5) is 5.08. The molecule has 0 aliphatic rings. The van der Waals surface area contributed by atoms with Crippen LogP contribution >= 0.6 is 0 Å². The van der Waals surface area contributed by atoms with Gasteiger partial charge in [0.15, 0.2) is 9.84 Å². The summed E-state index contributed by atoms with van der Waals surface area (Å²) in [6.07, 6.45) is 3.22. The first-order valence-corrected chi connectivity index (χ1v) is 11.7. The lowest BCUT2D eigenvalue weighted by Gasteiger charge is -2.11. The molecule has 30 heavy (non-hydrogen) atoms. The van der Waals surface area contributed by atoms with Gasteiger partial charge in [-0.25, -0.2) is 13.4 Å². The SMILES string of the molecule is O=S(=O)(CCCCn1cnc(-c2ccccc2)c1-c1ccccc1)c1ccccc1. The van der Waals surface area contributed by atoms with Crippen LogP contribution in [-0.2, 0) is 16.4 Å². The molecular formula is C25H24N2O2S. The Kier molecular flexibility index (Phi) is 6.10. The Labute approximate surface area is 177 Å². The smallest absolute Gasteiger partial charge is 0.178 e. The van der Waals surface area contributed by atoms with Crippen LogP contribution in [-0.4, -0.2) is 23.7 Å². The molecule has 0 fully saturated rings. The van der Waals surface area contributed by atoms with Gasteiger partial charge in [0.25, 0.3) is 0 Å². The van der Waals surface area contributed by atoms with E-state index < -0.39 is 9.84 Å². The molecular weight excluding hydrogens is 392 g/mol. The average Bonchev–Trinajstić information content (AvgIpc) is 3.22. The highest BCUT2D eigenvalue weighted by Gasteiger charge is 2.16. The second-order valence-electron chi connectivity index (χ2n) is 7.21. The molecule has 0 saturated heterocycles. The van der Waals surface area contributed by atoms with Crippen molar-refractivity contribution in [3.05, 3.63) is 97.3 Å². The summed E-state index contributed by atoms with van der Waals surface area (Å²) < 4.78 is 27.1. The molecule has 1 heterocycles. The lowest BCUT2D eigenvalue weighted by atomic mass is 10.0. The molecule has 4 nitrogen and oxygen atoms in total. The number of benzene rings is 3. The van der Waals surface area contributed by atoms with Crippen molar-refractivity contribution < 1.29 is 8.42 Å². The van der Waals surface area contributed by atoms with E-state index in [4.69, 9.17) is 0 Å². The molecule has 0 unspecified atom stereocenters. The molecule has 0 radical (unpaired) electrons. The van der Waals surface area contributed by atoms with E-state index in [-0.39, 0.29) is 5.75 Å². The molecule has 0 N–H and O–H groups in total. The summed E-state index contributed by atoms with van der Waals surface area (Å²) in [5, 5.41) is 0. The Morgan fingerprint density at radius 3 is 1.90 bits per heavy atom. The fourth-order valence-corrected chi connectivity index (χ4v) is 4.97. The molecule has 0 saturated carbocycles. The molecule has 5 heteroatoms. The Morgan fingerprint density at radius 1 is 0.700 bits per heavy atom. The quantitative estimate of drug-likeness (QED) is 0.358. The number of unbranched alkanes of at least 4 members (excludes halogenated alkanes) is 1. The van der Waals surface area contributed by atoms with Gasteiger partial charge in [-0.15, -0.1) is 0 Å². The van der Waals surface area contributed by atoms with Crippen molar-refractivity contribution in [1.29, 1.82) is 0 Å². The maximum absolute atomic E-state index is 12.5. The van der Waals surface area contributed by atoms with Crippen LogP contribution in [0.15, 0.2) is 102 Å². The van der Waals surface area contributed by atoms with E-state index >= 15 is 0 Å². The van der Waals surface area contributed by atoms with E-state index in [1.54, 1.807) is 24.3 Å². The van der Waals surface area contributed by atoms with Gasteiger partial charge < -0.3 is 4.57 Å². The van der Waals surface area contributed by atoms with Crippen molar-refractivity contribution >= 4 is 9.84 Å². The number of aryl methyl sites for hydroxylation is 1. The Morgan fingerprint density at radius 2 is 1.27 bits per heavy atom. The summed E-state index contributed by atoms with van der Waals surface area (Å²) >= 11 is 0. The topological polar surface area (TPSA) is 52.0 Å². The number of imidazole rings is 1. The van der Waals surface area contributed by atoms with Gasteiger partial charge in [-0.2, -0.15) is 0 Å². The number of hydrogen-bond acceptors (Lipinski definition) is 3. The molecule has 3 aromatic carbocycles. The lowest BCUT2D eigenvalue weighted by Crippen LogP contribution is -2.08. The van der Waals surface area contributed by atoms with Gasteiger partial charge >= 0.3 is 0 Å². The highest BCUT2D eigenvalue weighted by molar-refractivity contribution is 7.91. The van der Waals surface area contributed by atoms with Crippen molar-refractivity contribution in [3.63, 3.8) is 0 Å². The molecule has 0 atom stereocenters. The van der Waals surface area contributed by atoms with Gasteiger partial charge in [-0.05, 0) is 25.0 Å². The summed E-state index contributed by atoms with van der Waals surface area (Å²) in [6, 6.07) is 29.0. The van der Waals surface area contributed by atoms with Crippen molar-refractivity contribution in [2.45, 2.75) is 24.3 Å². The van der Waals surface area contributed by atoms with Crippen LogP contribution in [0, 0.1) is 0 Å². The molecule has 152 valence electrons. The standard InChI is InChI=1S/C25H24N2O2S/c28-30(29,23-16-8-3-9-17-23)19-11-10-18-27-20-26-24(21-12-4-1-5-13-21)25(27)22-14-6-2-7-15-22/h1-9,12-17,20H,10-11,18-19H2. The molecule has 4 rings (SSSR count). The van der Waals surface area contributed by atoms with Crippen LogP contribution < -0.4 is 0 Å². The zero-order chi connectivity index (χ0) is 20.8. The van der Waals surface area contributed by atoms with Crippen LogP contribution in [0.25, 0.3) is 22.5 Å². The third kappa shape index (κ3) is 4.52. The van der Waals surface area contributed by atoms with Crippen molar-refractivity contribution in [3.8, 4) is 22.5 Å². The number of hydrogen-bond donors (Lipinski definition) is 0. The Balaban J connectivity index is 1.52. The van der Waals surface area contributed by atoms with E-state index in [1.807, 2.05) is 48.8 Å². The number of rotatable bonds is 8. The van der Waals surface area contributed by atoms with Gasteiger partial charge in [0.05, 0.1) is 28.4 Å². The highest BCUT2D eigenvalue weighted by atomic mass is 32.2. The normalized spacial score (nSPS) is 11.5. The van der Waals surface area contributed by atoms with E-state index in [9.17, 15) is 8.42 Å². The van der Waals surface area contributed by atoms with Crippen molar-refractivity contribution in [2.75, 3.05) is 5.75 Å². The summed E-state index contributed by atoms with van der Waals surface area (Å²) in [5.74, 6) is 0.151. The van der Waals surface area contributed by atoms with Gasteiger partial charge in [0.2, 0.25) is 0 Å². The van der Waals surface area contributed by atoms with E-state index in [1.165, 1.54) is 0 Å². The second kappa shape index (κ2) is 9.09. The monoisotopic (exact) mass is 416 g/mol. The predicted molar refractivity (Wildman–Crippen MR) is 121 cm³/mol. The largest absolute Gasteiger partial charge is 0.330 e. The third-order valence-corrected chi connectivity index (χ3v) is 6.91. The van der Waals surface area contributed by atoms with Crippen molar-refractivity contribution in [2.24, 2.45) is 0 Å². The molecule has 1 aromatic heterocycles. The van der Waals surface area contributed by atoms with Crippen LogP contribution in [0.1, 0.15) is 12.8 Å². The number of aromatic nitrogens is 2.